The molecule has 1 aromatic carbocycles. The average Bonchev–Trinajstić information content (AvgIpc) is 3.22. The summed E-state index contributed by atoms with van der Waals surface area (Å²) in [4.78, 5) is 24.6. The minimum atomic E-state index is -0.349. The van der Waals surface area contributed by atoms with Gasteiger partial charge in [0, 0.05) is 18.2 Å². The van der Waals surface area contributed by atoms with Crippen LogP contribution in [0.15, 0.2) is 24.3 Å². The zero-order valence-corrected chi connectivity index (χ0v) is 13.5. The maximum atomic E-state index is 12.4. The first-order valence-corrected chi connectivity index (χ1v) is 8.81. The molecule has 0 spiro atoms. The van der Waals surface area contributed by atoms with Gasteiger partial charge in [-0.1, -0.05) is 24.6 Å². The largest absolute Gasteiger partial charge is 0.353 e. The molecule has 3 aliphatic rings. The lowest BCUT2D eigenvalue weighted by atomic mass is 9.84. The van der Waals surface area contributed by atoms with E-state index in [1.807, 2.05) is 24.3 Å². The number of carbonyl (C=O) groups excluding carboxylic acids is 2. The van der Waals surface area contributed by atoms with E-state index in [-0.39, 0.29) is 30.2 Å². The zero-order chi connectivity index (χ0) is 16.0. The molecule has 23 heavy (non-hydrogen) atoms. The summed E-state index contributed by atoms with van der Waals surface area (Å²) in [7, 11) is 0. The van der Waals surface area contributed by atoms with Gasteiger partial charge in [-0.25, -0.2) is 0 Å². The van der Waals surface area contributed by atoms with Gasteiger partial charge in [0.1, 0.15) is 0 Å². The lowest BCUT2D eigenvalue weighted by molar-refractivity contribution is -0.125. The van der Waals surface area contributed by atoms with E-state index in [2.05, 4.69) is 17.6 Å². The molecule has 1 aliphatic heterocycles. The number of anilines is 1. The van der Waals surface area contributed by atoms with E-state index in [0.29, 0.717) is 5.92 Å². The Morgan fingerprint density at radius 2 is 2.13 bits per heavy atom. The van der Waals surface area contributed by atoms with Crippen molar-refractivity contribution in [1.82, 2.24) is 5.32 Å². The fourth-order valence-electron chi connectivity index (χ4n) is 4.99. The van der Waals surface area contributed by atoms with Crippen molar-refractivity contribution in [2.75, 3.05) is 5.32 Å². The summed E-state index contributed by atoms with van der Waals surface area (Å²) in [5.74, 6) is 1.90. The molecule has 0 aromatic heterocycles. The molecule has 122 valence electrons. The molecule has 2 amide bonds. The monoisotopic (exact) mass is 312 g/mol. The Morgan fingerprint density at radius 3 is 2.87 bits per heavy atom. The number of fused-ring (bicyclic) bond motifs is 3. The van der Waals surface area contributed by atoms with Crippen LogP contribution in [-0.2, 0) is 9.59 Å². The number of rotatable bonds is 4. The van der Waals surface area contributed by atoms with E-state index < -0.39 is 0 Å². The smallest absolute Gasteiger partial charge is 0.232 e. The molecular formula is C19H24N2O2. The Balaban J connectivity index is 1.38. The first-order chi connectivity index (χ1) is 11.1. The van der Waals surface area contributed by atoms with Gasteiger partial charge in [0.15, 0.2) is 0 Å². The van der Waals surface area contributed by atoms with Crippen LogP contribution in [0.5, 0.6) is 0 Å². The second-order valence-corrected chi connectivity index (χ2v) is 7.53. The fraction of sp³-hybridized carbons (Fsp3) is 0.579. The molecule has 4 nitrogen and oxygen atoms in total. The van der Waals surface area contributed by atoms with Gasteiger partial charge in [-0.15, -0.1) is 0 Å². The number of hydrogen-bond donors (Lipinski definition) is 2. The van der Waals surface area contributed by atoms with Crippen molar-refractivity contribution in [2.24, 2.45) is 17.8 Å². The van der Waals surface area contributed by atoms with Crippen molar-refractivity contribution in [3.8, 4) is 0 Å². The first kappa shape index (κ1) is 14.7. The molecule has 2 aliphatic carbocycles. The van der Waals surface area contributed by atoms with Crippen LogP contribution >= 0.6 is 0 Å². The summed E-state index contributed by atoms with van der Waals surface area (Å²) in [6, 6.07) is 7.87. The normalized spacial score (nSPS) is 32.5. The number of nitrogens with one attached hydrogen (secondary N) is 2. The fourth-order valence-corrected chi connectivity index (χ4v) is 4.99. The third-order valence-electron chi connectivity index (χ3n) is 6.12. The van der Waals surface area contributed by atoms with Gasteiger partial charge in [0.05, 0.1) is 5.92 Å². The molecule has 4 heteroatoms. The second kappa shape index (κ2) is 5.66. The Hall–Kier alpha value is -1.84. The van der Waals surface area contributed by atoms with Crippen LogP contribution in [0.1, 0.15) is 50.5 Å². The highest BCUT2D eigenvalue weighted by Gasteiger charge is 2.42. The molecular weight excluding hydrogens is 288 g/mol. The average molecular weight is 312 g/mol. The van der Waals surface area contributed by atoms with E-state index in [1.165, 1.54) is 25.7 Å². The van der Waals surface area contributed by atoms with Gasteiger partial charge in [0.25, 0.3) is 0 Å². The summed E-state index contributed by atoms with van der Waals surface area (Å²) in [6.07, 6.45) is 5.56. The number of hydrogen-bond acceptors (Lipinski definition) is 2. The van der Waals surface area contributed by atoms with Crippen molar-refractivity contribution in [2.45, 2.75) is 51.0 Å². The summed E-state index contributed by atoms with van der Waals surface area (Å²) in [5, 5.41) is 6.03. The van der Waals surface area contributed by atoms with Crippen molar-refractivity contribution in [3.63, 3.8) is 0 Å². The van der Waals surface area contributed by atoms with Crippen molar-refractivity contribution >= 4 is 17.5 Å². The molecule has 1 aromatic rings. The van der Waals surface area contributed by atoms with Crippen molar-refractivity contribution in [1.29, 1.82) is 0 Å². The Kier molecular flexibility index (Phi) is 3.63. The zero-order valence-electron chi connectivity index (χ0n) is 13.5. The third-order valence-corrected chi connectivity index (χ3v) is 6.12. The molecule has 1 heterocycles. The van der Waals surface area contributed by atoms with E-state index in [0.717, 1.165) is 23.1 Å². The number of benzene rings is 1. The predicted octanol–water partition coefficient (Wildman–Crippen LogP) is 3.05. The summed E-state index contributed by atoms with van der Waals surface area (Å²) in [5.41, 5.74) is 1.79. The molecule has 0 saturated heterocycles. The molecule has 0 unspecified atom stereocenters. The van der Waals surface area contributed by atoms with E-state index >= 15 is 0 Å². The van der Waals surface area contributed by atoms with Crippen LogP contribution in [0.2, 0.25) is 0 Å². The molecule has 5 atom stereocenters. The van der Waals surface area contributed by atoms with Crippen molar-refractivity contribution in [3.05, 3.63) is 29.8 Å². The molecule has 2 saturated carbocycles. The number of para-hydroxylation sites is 1. The van der Waals surface area contributed by atoms with Crippen LogP contribution < -0.4 is 10.6 Å². The molecule has 0 radical (unpaired) electrons. The maximum Gasteiger partial charge on any atom is 0.232 e. The lowest BCUT2D eigenvalue weighted by Gasteiger charge is -2.28. The van der Waals surface area contributed by atoms with Gasteiger partial charge >= 0.3 is 0 Å². The van der Waals surface area contributed by atoms with Crippen LogP contribution in [0, 0.1) is 17.8 Å². The molecule has 4 rings (SSSR count). The molecule has 2 fully saturated rings. The van der Waals surface area contributed by atoms with Crippen LogP contribution in [-0.4, -0.2) is 17.9 Å². The van der Waals surface area contributed by atoms with Gasteiger partial charge in [-0.2, -0.15) is 0 Å². The predicted molar refractivity (Wildman–Crippen MR) is 89.0 cm³/mol. The standard InChI is InChI=1S/C19H24N2O2/c1-11(15-9-12-6-7-13(15)8-12)20-18(22)10-16-14-4-2-3-5-17(14)21-19(16)23/h2-5,11-13,15-16H,6-10H2,1H3,(H,20,22)(H,21,23)/t11-,12-,13-,15+,16-/m0/s1. The summed E-state index contributed by atoms with van der Waals surface area (Å²) in [6.45, 7) is 2.13. The number of amides is 2. The van der Waals surface area contributed by atoms with Crippen molar-refractivity contribution < 1.29 is 9.59 Å². The molecule has 2 N–H and O–H groups in total. The Morgan fingerprint density at radius 1 is 1.30 bits per heavy atom. The Bertz CT molecular complexity index is 642. The minimum absolute atomic E-state index is 0.00266. The van der Waals surface area contributed by atoms with Gasteiger partial charge in [0.2, 0.25) is 11.8 Å². The lowest BCUT2D eigenvalue weighted by Crippen LogP contribution is -2.40. The maximum absolute atomic E-state index is 12.4. The van der Waals surface area contributed by atoms with Gasteiger partial charge < -0.3 is 10.6 Å². The highest BCUT2D eigenvalue weighted by Crippen LogP contribution is 2.49. The van der Waals surface area contributed by atoms with Crippen LogP contribution in [0.3, 0.4) is 0 Å². The van der Waals surface area contributed by atoms with Gasteiger partial charge in [-0.3, -0.25) is 9.59 Å². The third kappa shape index (κ3) is 2.64. The quantitative estimate of drug-likeness (QED) is 0.898. The first-order valence-electron chi connectivity index (χ1n) is 8.81. The van der Waals surface area contributed by atoms with E-state index in [9.17, 15) is 9.59 Å². The summed E-state index contributed by atoms with van der Waals surface area (Å²) >= 11 is 0. The summed E-state index contributed by atoms with van der Waals surface area (Å²) < 4.78 is 0. The highest BCUT2D eigenvalue weighted by atomic mass is 16.2. The van der Waals surface area contributed by atoms with Gasteiger partial charge in [-0.05, 0) is 55.6 Å². The topological polar surface area (TPSA) is 58.2 Å². The van der Waals surface area contributed by atoms with Crippen LogP contribution in [0.25, 0.3) is 0 Å². The van der Waals surface area contributed by atoms with E-state index in [1.54, 1.807) is 0 Å². The highest BCUT2D eigenvalue weighted by molar-refractivity contribution is 6.04. The SMILES string of the molecule is C[C@H](NC(=O)C[C@@H]1C(=O)Nc2ccccc21)[C@H]1C[C@H]2CC[C@H]1C2. The number of carbonyl (C=O) groups is 2. The van der Waals surface area contributed by atoms with E-state index in [4.69, 9.17) is 0 Å². The van der Waals surface area contributed by atoms with Crippen LogP contribution in [0.4, 0.5) is 5.69 Å². The molecule has 2 bridgehead atoms. The minimum Gasteiger partial charge on any atom is -0.353 e. The second-order valence-electron chi connectivity index (χ2n) is 7.53. The Labute approximate surface area is 137 Å².